The molecule has 0 atom stereocenters. The van der Waals surface area contributed by atoms with Crippen LogP contribution in [0.3, 0.4) is 0 Å². The Labute approximate surface area is 89.7 Å². The second-order valence-electron chi connectivity index (χ2n) is 3.36. The van der Waals surface area contributed by atoms with E-state index < -0.39 is 0 Å². The zero-order valence-electron chi connectivity index (χ0n) is 8.66. The summed E-state index contributed by atoms with van der Waals surface area (Å²) in [6.45, 7) is 2.40. The molecule has 14 heavy (non-hydrogen) atoms. The maximum Gasteiger partial charge on any atom is 0.116 e. The summed E-state index contributed by atoms with van der Waals surface area (Å²) in [6.07, 6.45) is 4.99. The third-order valence-electron chi connectivity index (χ3n) is 2.15. The first kappa shape index (κ1) is 11.7. The van der Waals surface area contributed by atoms with E-state index in [1.807, 2.05) is 17.8 Å². The quantitative estimate of drug-likeness (QED) is 0.708. The van der Waals surface area contributed by atoms with Gasteiger partial charge in [0.05, 0.1) is 12.0 Å². The van der Waals surface area contributed by atoms with Gasteiger partial charge in [0.2, 0.25) is 0 Å². The van der Waals surface area contributed by atoms with Crippen molar-refractivity contribution in [2.45, 2.75) is 31.9 Å². The van der Waals surface area contributed by atoms with Gasteiger partial charge in [-0.15, -0.1) is 0 Å². The highest BCUT2D eigenvalue weighted by atomic mass is 32.2. The van der Waals surface area contributed by atoms with Gasteiger partial charge in [0.1, 0.15) is 5.76 Å². The Morgan fingerprint density at radius 1 is 1.36 bits per heavy atom. The van der Waals surface area contributed by atoms with Crippen LogP contribution >= 0.6 is 11.8 Å². The number of rotatable bonds is 7. The highest BCUT2D eigenvalue weighted by molar-refractivity contribution is 7.98. The normalized spacial score (nSPS) is 10.7. The highest BCUT2D eigenvalue weighted by Crippen LogP contribution is 2.18. The molecule has 0 aliphatic rings. The molecule has 0 amide bonds. The van der Waals surface area contributed by atoms with Gasteiger partial charge in [0.25, 0.3) is 0 Å². The smallest absolute Gasteiger partial charge is 0.116 e. The summed E-state index contributed by atoms with van der Waals surface area (Å²) >= 11 is 1.90. The van der Waals surface area contributed by atoms with E-state index in [0.29, 0.717) is 6.61 Å². The predicted molar refractivity (Wildman–Crippen MR) is 60.5 cm³/mol. The monoisotopic (exact) mass is 214 g/mol. The van der Waals surface area contributed by atoms with Crippen LogP contribution in [-0.2, 0) is 5.75 Å². The first-order chi connectivity index (χ1) is 6.84. The predicted octanol–water partition coefficient (Wildman–Crippen LogP) is 2.98. The summed E-state index contributed by atoms with van der Waals surface area (Å²) in [5.41, 5.74) is 1.24. The summed E-state index contributed by atoms with van der Waals surface area (Å²) in [7, 11) is 0. The molecule has 0 radical (unpaired) electrons. The van der Waals surface area contributed by atoms with E-state index >= 15 is 0 Å². The summed E-state index contributed by atoms with van der Waals surface area (Å²) in [4.78, 5) is 0. The molecule has 0 unspecified atom stereocenters. The fourth-order valence-electron chi connectivity index (χ4n) is 1.21. The van der Waals surface area contributed by atoms with Gasteiger partial charge in [-0.3, -0.25) is 0 Å². The maximum atomic E-state index is 8.59. The molecule has 0 saturated heterocycles. The van der Waals surface area contributed by atoms with Crippen LogP contribution < -0.4 is 0 Å². The minimum atomic E-state index is 0.321. The Kier molecular flexibility index (Phi) is 5.80. The first-order valence-electron chi connectivity index (χ1n) is 5.06. The summed E-state index contributed by atoms with van der Waals surface area (Å²) in [6, 6.07) is 2.00. The number of aliphatic hydroxyl groups excluding tert-OH is 1. The van der Waals surface area contributed by atoms with E-state index in [9.17, 15) is 0 Å². The molecule has 3 heteroatoms. The highest BCUT2D eigenvalue weighted by Gasteiger charge is 2.00. The van der Waals surface area contributed by atoms with Crippen LogP contribution in [-0.4, -0.2) is 17.5 Å². The lowest BCUT2D eigenvalue weighted by Crippen LogP contribution is -1.87. The fourth-order valence-corrected chi connectivity index (χ4v) is 2.24. The largest absolute Gasteiger partial charge is 0.468 e. The van der Waals surface area contributed by atoms with Gasteiger partial charge in [0.15, 0.2) is 0 Å². The maximum absolute atomic E-state index is 8.59. The molecule has 0 aliphatic heterocycles. The fraction of sp³-hybridized carbons (Fsp3) is 0.636. The Hall–Kier alpha value is -0.410. The van der Waals surface area contributed by atoms with Crippen molar-refractivity contribution in [3.05, 3.63) is 23.7 Å². The van der Waals surface area contributed by atoms with Crippen molar-refractivity contribution in [1.29, 1.82) is 0 Å². The Balaban J connectivity index is 2.02. The van der Waals surface area contributed by atoms with Gasteiger partial charge >= 0.3 is 0 Å². The molecule has 2 nitrogen and oxygen atoms in total. The van der Waals surface area contributed by atoms with Crippen molar-refractivity contribution < 1.29 is 9.52 Å². The Morgan fingerprint density at radius 2 is 2.21 bits per heavy atom. The van der Waals surface area contributed by atoms with Crippen LogP contribution in [0.15, 0.2) is 16.7 Å². The van der Waals surface area contributed by atoms with Crippen LogP contribution in [0.2, 0.25) is 0 Å². The molecule has 1 aromatic rings. The molecule has 0 aliphatic carbocycles. The zero-order chi connectivity index (χ0) is 10.2. The van der Waals surface area contributed by atoms with Crippen molar-refractivity contribution in [3.8, 4) is 0 Å². The third-order valence-corrected chi connectivity index (χ3v) is 3.19. The average Bonchev–Trinajstić information content (AvgIpc) is 2.58. The lowest BCUT2D eigenvalue weighted by Gasteiger charge is -2.00. The molecule has 0 saturated carbocycles. The number of thioether (sulfide) groups is 1. The summed E-state index contributed by atoms with van der Waals surface area (Å²) < 4.78 is 5.33. The Bertz CT molecular complexity index is 245. The van der Waals surface area contributed by atoms with Crippen molar-refractivity contribution in [3.63, 3.8) is 0 Å². The van der Waals surface area contributed by atoms with Crippen molar-refractivity contribution in [2.75, 3.05) is 12.4 Å². The number of hydrogen-bond donors (Lipinski definition) is 1. The van der Waals surface area contributed by atoms with Crippen molar-refractivity contribution in [1.82, 2.24) is 0 Å². The van der Waals surface area contributed by atoms with Crippen molar-refractivity contribution in [2.24, 2.45) is 0 Å². The molecular weight excluding hydrogens is 196 g/mol. The number of aliphatic hydroxyl groups is 1. The standard InChI is InChI=1S/C11H18O2S/c1-10-5-7-13-11(10)9-14-8-4-2-3-6-12/h5,7,12H,2-4,6,8-9H2,1H3. The van der Waals surface area contributed by atoms with Gasteiger partial charge in [-0.1, -0.05) is 6.42 Å². The minimum absolute atomic E-state index is 0.321. The van der Waals surface area contributed by atoms with Crippen LogP contribution in [0.1, 0.15) is 30.6 Å². The molecule has 0 aromatic carbocycles. The van der Waals surface area contributed by atoms with Crippen LogP contribution in [0.5, 0.6) is 0 Å². The van der Waals surface area contributed by atoms with Crippen LogP contribution in [0.25, 0.3) is 0 Å². The van der Waals surface area contributed by atoms with Gasteiger partial charge in [-0.2, -0.15) is 11.8 Å². The van der Waals surface area contributed by atoms with E-state index in [2.05, 4.69) is 6.92 Å². The van der Waals surface area contributed by atoms with Gasteiger partial charge in [-0.05, 0) is 37.1 Å². The van der Waals surface area contributed by atoms with Crippen LogP contribution in [0.4, 0.5) is 0 Å². The van der Waals surface area contributed by atoms with E-state index in [4.69, 9.17) is 9.52 Å². The topological polar surface area (TPSA) is 33.4 Å². The van der Waals surface area contributed by atoms with Crippen LogP contribution in [0, 0.1) is 6.92 Å². The lowest BCUT2D eigenvalue weighted by atomic mass is 10.3. The van der Waals surface area contributed by atoms with E-state index in [-0.39, 0.29) is 0 Å². The first-order valence-corrected chi connectivity index (χ1v) is 6.21. The molecule has 0 fully saturated rings. The minimum Gasteiger partial charge on any atom is -0.468 e. The summed E-state index contributed by atoms with van der Waals surface area (Å²) in [5, 5.41) is 8.59. The molecular formula is C11H18O2S. The van der Waals surface area contributed by atoms with E-state index in [1.54, 1.807) is 6.26 Å². The molecule has 1 aromatic heterocycles. The van der Waals surface area contributed by atoms with Gasteiger partial charge in [-0.25, -0.2) is 0 Å². The van der Waals surface area contributed by atoms with Gasteiger partial charge in [0, 0.05) is 6.61 Å². The molecule has 1 heterocycles. The summed E-state index contributed by atoms with van der Waals surface area (Å²) in [5.74, 6) is 3.22. The van der Waals surface area contributed by atoms with Crippen molar-refractivity contribution >= 4 is 11.8 Å². The second kappa shape index (κ2) is 6.96. The molecule has 0 bridgehead atoms. The SMILES string of the molecule is Cc1ccoc1CSCCCCCO. The third kappa shape index (κ3) is 4.20. The number of hydrogen-bond acceptors (Lipinski definition) is 3. The Morgan fingerprint density at radius 3 is 2.86 bits per heavy atom. The number of aryl methyl sites for hydroxylation is 1. The van der Waals surface area contributed by atoms with Gasteiger partial charge < -0.3 is 9.52 Å². The van der Waals surface area contributed by atoms with E-state index in [0.717, 1.165) is 30.1 Å². The average molecular weight is 214 g/mol. The number of unbranched alkanes of at least 4 members (excludes halogenated alkanes) is 2. The molecule has 1 N–H and O–H groups in total. The molecule has 80 valence electrons. The second-order valence-corrected chi connectivity index (χ2v) is 4.47. The lowest BCUT2D eigenvalue weighted by molar-refractivity contribution is 0.284. The zero-order valence-corrected chi connectivity index (χ0v) is 9.48. The number of furan rings is 1. The molecule has 1 rings (SSSR count). The van der Waals surface area contributed by atoms with E-state index in [1.165, 1.54) is 12.0 Å². The molecule has 0 spiro atoms.